The molecule has 0 atom stereocenters. The number of sulfonamides is 1. The smallest absolute Gasteiger partial charge is 0.255 e. The number of amides is 1. The summed E-state index contributed by atoms with van der Waals surface area (Å²) in [6.45, 7) is 2.22. The number of ether oxygens (including phenoxy) is 1. The first-order valence-corrected chi connectivity index (χ1v) is 10.4. The molecule has 146 valence electrons. The minimum atomic E-state index is -3.61. The Hall–Kier alpha value is -1.64. The molecule has 0 aliphatic carbocycles. The maximum absolute atomic E-state index is 13.0. The highest BCUT2D eigenvalue weighted by atomic mass is 32.2. The average Bonchev–Trinajstić information content (AvgIpc) is 2.90. The first-order chi connectivity index (χ1) is 12.4. The van der Waals surface area contributed by atoms with Gasteiger partial charge in [-0.3, -0.25) is 4.79 Å². The molecule has 1 aromatic rings. The van der Waals surface area contributed by atoms with Crippen LogP contribution < -0.4 is 10.1 Å². The second-order valence-corrected chi connectivity index (χ2v) is 8.68. The van der Waals surface area contributed by atoms with Gasteiger partial charge in [-0.1, -0.05) is 12.8 Å². The molecule has 1 aromatic carbocycles. The van der Waals surface area contributed by atoms with Crippen LogP contribution in [-0.4, -0.2) is 70.9 Å². The van der Waals surface area contributed by atoms with Crippen molar-refractivity contribution in [3.05, 3.63) is 23.8 Å². The zero-order valence-electron chi connectivity index (χ0n) is 15.8. The highest BCUT2D eigenvalue weighted by molar-refractivity contribution is 7.89. The van der Waals surface area contributed by atoms with Crippen LogP contribution in [-0.2, 0) is 10.0 Å². The van der Waals surface area contributed by atoms with Crippen molar-refractivity contribution in [1.29, 1.82) is 0 Å². The molecule has 0 saturated carbocycles. The van der Waals surface area contributed by atoms with Crippen LogP contribution in [0.5, 0.6) is 5.75 Å². The minimum absolute atomic E-state index is 0.137. The van der Waals surface area contributed by atoms with Crippen molar-refractivity contribution in [2.75, 3.05) is 47.4 Å². The highest BCUT2D eigenvalue weighted by Gasteiger charge is 2.27. The van der Waals surface area contributed by atoms with Crippen LogP contribution >= 0.6 is 0 Å². The van der Waals surface area contributed by atoms with Gasteiger partial charge in [-0.05, 0) is 45.1 Å². The van der Waals surface area contributed by atoms with Gasteiger partial charge >= 0.3 is 0 Å². The molecule has 0 aromatic heterocycles. The van der Waals surface area contributed by atoms with E-state index in [1.807, 2.05) is 19.0 Å². The topological polar surface area (TPSA) is 79.0 Å². The number of carbonyl (C=O) groups excluding carboxylic acids is 1. The first kappa shape index (κ1) is 20.7. The largest absolute Gasteiger partial charge is 0.496 e. The molecule has 1 aliphatic rings. The first-order valence-electron chi connectivity index (χ1n) is 8.97. The summed E-state index contributed by atoms with van der Waals surface area (Å²) in [4.78, 5) is 14.6. The van der Waals surface area contributed by atoms with E-state index in [4.69, 9.17) is 4.74 Å². The fourth-order valence-corrected chi connectivity index (χ4v) is 4.49. The van der Waals surface area contributed by atoms with Gasteiger partial charge in [0.25, 0.3) is 5.91 Å². The molecule has 0 spiro atoms. The molecular weight excluding hydrogens is 354 g/mol. The predicted octanol–water partition coefficient (Wildman–Crippen LogP) is 1.55. The maximum atomic E-state index is 13.0. The highest BCUT2D eigenvalue weighted by Crippen LogP contribution is 2.26. The molecule has 0 bridgehead atoms. The number of nitrogens with zero attached hydrogens (tertiary/aromatic N) is 2. The second-order valence-electron chi connectivity index (χ2n) is 6.74. The Bertz CT molecular complexity index is 711. The van der Waals surface area contributed by atoms with Crippen LogP contribution in [0.2, 0.25) is 0 Å². The number of rotatable bonds is 7. The monoisotopic (exact) mass is 383 g/mol. The van der Waals surface area contributed by atoms with Crippen molar-refractivity contribution in [1.82, 2.24) is 14.5 Å². The van der Waals surface area contributed by atoms with E-state index in [9.17, 15) is 13.2 Å². The van der Waals surface area contributed by atoms with Crippen LogP contribution in [0, 0.1) is 0 Å². The van der Waals surface area contributed by atoms with Crippen molar-refractivity contribution in [2.24, 2.45) is 0 Å². The van der Waals surface area contributed by atoms with Crippen LogP contribution in [0.3, 0.4) is 0 Å². The van der Waals surface area contributed by atoms with Crippen molar-refractivity contribution in [3.8, 4) is 5.75 Å². The van der Waals surface area contributed by atoms with Gasteiger partial charge in [0.05, 0.1) is 17.6 Å². The number of methoxy groups -OCH3 is 1. The Morgan fingerprint density at radius 1 is 1.19 bits per heavy atom. The summed E-state index contributed by atoms with van der Waals surface area (Å²) in [6, 6.07) is 4.48. The van der Waals surface area contributed by atoms with Crippen molar-refractivity contribution in [3.63, 3.8) is 0 Å². The molecule has 0 radical (unpaired) electrons. The van der Waals surface area contributed by atoms with E-state index in [1.54, 1.807) is 6.07 Å². The van der Waals surface area contributed by atoms with E-state index in [0.717, 1.165) is 25.7 Å². The molecule has 1 aliphatic heterocycles. The Balaban J connectivity index is 2.25. The van der Waals surface area contributed by atoms with Crippen LogP contribution in [0.1, 0.15) is 36.0 Å². The Morgan fingerprint density at radius 3 is 2.42 bits per heavy atom. The zero-order valence-corrected chi connectivity index (χ0v) is 16.6. The molecular formula is C18H29N3O4S. The maximum Gasteiger partial charge on any atom is 0.255 e. The predicted molar refractivity (Wildman–Crippen MR) is 101 cm³/mol. The normalized spacial score (nSPS) is 16.3. The average molecular weight is 384 g/mol. The lowest BCUT2D eigenvalue weighted by molar-refractivity contribution is 0.0948. The fourth-order valence-electron chi connectivity index (χ4n) is 2.94. The minimum Gasteiger partial charge on any atom is -0.496 e. The number of likely N-dealkylation sites (N-methyl/N-ethyl adjacent to an activating group) is 1. The van der Waals surface area contributed by atoms with E-state index in [1.165, 1.54) is 23.5 Å². The number of hydrogen-bond donors (Lipinski definition) is 1. The van der Waals surface area contributed by atoms with E-state index in [-0.39, 0.29) is 16.4 Å². The van der Waals surface area contributed by atoms with Gasteiger partial charge in [-0.25, -0.2) is 8.42 Å². The van der Waals surface area contributed by atoms with Crippen LogP contribution in [0.15, 0.2) is 23.1 Å². The summed E-state index contributed by atoms with van der Waals surface area (Å²) in [5.74, 6) is 0.0267. The standard InChI is InChI=1S/C18H29N3O4S/c1-20(2)13-10-19-18(22)16-14-15(8-9-17(16)25-3)26(23,24)21-11-6-4-5-7-12-21/h8-9,14H,4-7,10-13H2,1-3H3,(H,19,22). The number of carbonyl (C=O) groups is 1. The van der Waals surface area contributed by atoms with Crippen molar-refractivity contribution in [2.45, 2.75) is 30.6 Å². The van der Waals surface area contributed by atoms with Gasteiger partial charge in [0.15, 0.2) is 0 Å². The summed E-state index contributed by atoms with van der Waals surface area (Å²) >= 11 is 0. The Labute approximate surface area is 156 Å². The van der Waals surface area contributed by atoms with Gasteiger partial charge in [0.1, 0.15) is 5.75 Å². The number of nitrogens with one attached hydrogen (secondary N) is 1. The molecule has 7 nitrogen and oxygen atoms in total. The fraction of sp³-hybridized carbons (Fsp3) is 0.611. The third kappa shape index (κ3) is 5.18. The van der Waals surface area contributed by atoms with Crippen molar-refractivity contribution < 1.29 is 17.9 Å². The molecule has 1 heterocycles. The zero-order chi connectivity index (χ0) is 19.2. The Morgan fingerprint density at radius 2 is 1.85 bits per heavy atom. The summed E-state index contributed by atoms with van der Waals surface area (Å²) < 4.78 is 32.7. The Kier molecular flexibility index (Phi) is 7.43. The van der Waals surface area contributed by atoms with E-state index >= 15 is 0 Å². The van der Waals surface area contributed by atoms with Crippen LogP contribution in [0.25, 0.3) is 0 Å². The summed E-state index contributed by atoms with van der Waals surface area (Å²) in [7, 11) is 1.69. The SMILES string of the molecule is COc1ccc(S(=O)(=O)N2CCCCCC2)cc1C(=O)NCCN(C)C. The quantitative estimate of drug-likeness (QED) is 0.773. The molecule has 0 unspecified atom stereocenters. The van der Waals surface area contributed by atoms with Gasteiger partial charge in [-0.2, -0.15) is 4.31 Å². The second kappa shape index (κ2) is 9.34. The molecule has 1 fully saturated rings. The van der Waals surface area contributed by atoms with E-state index < -0.39 is 10.0 Å². The van der Waals surface area contributed by atoms with E-state index in [2.05, 4.69) is 5.32 Å². The molecule has 26 heavy (non-hydrogen) atoms. The summed E-state index contributed by atoms with van der Waals surface area (Å²) in [5.41, 5.74) is 0.238. The van der Waals surface area contributed by atoms with E-state index in [0.29, 0.717) is 31.9 Å². The third-order valence-electron chi connectivity index (χ3n) is 4.46. The van der Waals surface area contributed by atoms with Gasteiger partial charge in [0, 0.05) is 26.2 Å². The summed E-state index contributed by atoms with van der Waals surface area (Å²) in [6.07, 6.45) is 3.84. The lowest BCUT2D eigenvalue weighted by atomic mass is 10.2. The van der Waals surface area contributed by atoms with Gasteiger partial charge in [-0.15, -0.1) is 0 Å². The molecule has 1 amide bonds. The van der Waals surface area contributed by atoms with Crippen molar-refractivity contribution >= 4 is 15.9 Å². The molecule has 1 N–H and O–H groups in total. The van der Waals surface area contributed by atoms with Gasteiger partial charge in [0.2, 0.25) is 10.0 Å². The molecule has 8 heteroatoms. The van der Waals surface area contributed by atoms with Gasteiger partial charge < -0.3 is 15.0 Å². The van der Waals surface area contributed by atoms with Crippen LogP contribution in [0.4, 0.5) is 0 Å². The molecule has 1 saturated heterocycles. The number of hydrogen-bond acceptors (Lipinski definition) is 5. The number of benzene rings is 1. The third-order valence-corrected chi connectivity index (χ3v) is 6.36. The summed E-state index contributed by atoms with van der Waals surface area (Å²) in [5, 5.41) is 2.80. The lowest BCUT2D eigenvalue weighted by Gasteiger charge is -2.20. The lowest BCUT2D eigenvalue weighted by Crippen LogP contribution is -2.33. The molecule has 2 rings (SSSR count).